The van der Waals surface area contributed by atoms with Gasteiger partial charge in [0.15, 0.2) is 0 Å². The van der Waals surface area contributed by atoms with Crippen molar-refractivity contribution in [3.8, 4) is 0 Å². The van der Waals surface area contributed by atoms with Crippen molar-refractivity contribution in [2.45, 2.75) is 20.4 Å². The van der Waals surface area contributed by atoms with Crippen LogP contribution < -0.4 is 21.3 Å². The average molecular weight is 459 g/mol. The smallest absolute Gasteiger partial charge is 0.252 e. The molecule has 0 radical (unpaired) electrons. The number of rotatable bonds is 7. The molecule has 2 amide bonds. The highest BCUT2D eigenvalue weighted by Crippen LogP contribution is 2.27. The summed E-state index contributed by atoms with van der Waals surface area (Å²) in [6.07, 6.45) is 1.49. The van der Waals surface area contributed by atoms with E-state index in [1.165, 1.54) is 6.20 Å². The molecule has 34 heavy (non-hydrogen) atoms. The molecule has 8 nitrogen and oxygen atoms in total. The topological polar surface area (TPSA) is 104 Å². The van der Waals surface area contributed by atoms with E-state index in [4.69, 9.17) is 5.73 Å². The van der Waals surface area contributed by atoms with Gasteiger partial charge in [-0.1, -0.05) is 30.3 Å². The fourth-order valence-corrected chi connectivity index (χ4v) is 4.16. The first kappa shape index (κ1) is 23.1. The highest BCUT2D eigenvalue weighted by molar-refractivity contribution is 5.98. The van der Waals surface area contributed by atoms with Gasteiger partial charge in [-0.05, 0) is 36.2 Å². The summed E-state index contributed by atoms with van der Waals surface area (Å²) in [4.78, 5) is 32.0. The molecule has 2 heterocycles. The number of primary amides is 1. The maximum Gasteiger partial charge on any atom is 0.252 e. The van der Waals surface area contributed by atoms with Crippen LogP contribution in [-0.4, -0.2) is 47.9 Å². The summed E-state index contributed by atoms with van der Waals surface area (Å²) in [5.74, 6) is 0.214. The second kappa shape index (κ2) is 10.2. The number of carbonyl (C=O) groups excluding carboxylic acids is 2. The quantitative estimate of drug-likeness (QED) is 0.501. The molecule has 4 N–H and O–H groups in total. The monoisotopic (exact) mass is 458 g/mol. The number of carbonyl (C=O) groups is 2. The summed E-state index contributed by atoms with van der Waals surface area (Å²) < 4.78 is 0. The number of hydrogen-bond acceptors (Lipinski definition) is 6. The maximum atomic E-state index is 11.9. The van der Waals surface area contributed by atoms with Crippen LogP contribution in [0, 0.1) is 6.92 Å². The van der Waals surface area contributed by atoms with Crippen molar-refractivity contribution in [1.29, 1.82) is 0 Å². The van der Waals surface area contributed by atoms with E-state index in [1.807, 2.05) is 41.3 Å². The van der Waals surface area contributed by atoms with Gasteiger partial charge in [0.25, 0.3) is 5.91 Å². The lowest BCUT2D eigenvalue weighted by molar-refractivity contribution is -0.129. The maximum absolute atomic E-state index is 11.9. The van der Waals surface area contributed by atoms with E-state index < -0.39 is 5.91 Å². The highest BCUT2D eigenvalue weighted by atomic mass is 16.2. The lowest BCUT2D eigenvalue weighted by Gasteiger charge is -2.36. The molecule has 2 aromatic carbocycles. The highest BCUT2D eigenvalue weighted by Gasteiger charge is 2.20. The molecule has 0 unspecified atom stereocenters. The summed E-state index contributed by atoms with van der Waals surface area (Å²) in [7, 11) is 0. The van der Waals surface area contributed by atoms with E-state index in [0.717, 1.165) is 48.7 Å². The lowest BCUT2D eigenvalue weighted by atomic mass is 10.1. The molecule has 1 aromatic heterocycles. The third kappa shape index (κ3) is 5.46. The largest absolute Gasteiger partial charge is 0.380 e. The zero-order valence-corrected chi connectivity index (χ0v) is 19.5. The molecule has 1 aliphatic rings. The molecule has 1 saturated heterocycles. The predicted molar refractivity (Wildman–Crippen MR) is 135 cm³/mol. The Labute approximate surface area is 199 Å². The van der Waals surface area contributed by atoms with E-state index in [9.17, 15) is 9.59 Å². The minimum atomic E-state index is -0.528. The first-order chi connectivity index (χ1) is 16.4. The van der Waals surface area contributed by atoms with Crippen molar-refractivity contribution < 1.29 is 9.59 Å². The van der Waals surface area contributed by atoms with E-state index >= 15 is 0 Å². The number of hydrogen-bond donors (Lipinski definition) is 3. The Morgan fingerprint density at radius 1 is 1.03 bits per heavy atom. The van der Waals surface area contributed by atoms with Crippen LogP contribution in [0.2, 0.25) is 0 Å². The van der Waals surface area contributed by atoms with Crippen LogP contribution in [0.25, 0.3) is 0 Å². The summed E-state index contributed by atoms with van der Waals surface area (Å²) in [5, 5.41) is 6.62. The number of benzene rings is 2. The number of anilines is 4. The van der Waals surface area contributed by atoms with E-state index in [2.05, 4.69) is 39.6 Å². The van der Waals surface area contributed by atoms with Gasteiger partial charge in [0.05, 0.1) is 11.3 Å². The standard InChI is InChI=1S/C26H30N6O2/c1-18-14-21(8-9-24(18)32-12-10-31(11-13-32)19(2)33)30-25-15-23(22(17-29-25)26(27)34)28-16-20-6-4-3-5-7-20/h3-9,14-15,17H,10-13,16H2,1-2H3,(H2,27,34)(H2,28,29,30). The summed E-state index contributed by atoms with van der Waals surface area (Å²) >= 11 is 0. The molecule has 0 bridgehead atoms. The van der Waals surface area contributed by atoms with Gasteiger partial charge in [0.1, 0.15) is 5.82 Å². The second-order valence-corrected chi connectivity index (χ2v) is 8.44. The number of piperazine rings is 1. The van der Waals surface area contributed by atoms with Gasteiger partial charge in [-0.15, -0.1) is 0 Å². The molecule has 0 aliphatic carbocycles. The zero-order valence-electron chi connectivity index (χ0n) is 19.5. The molecular weight excluding hydrogens is 428 g/mol. The van der Waals surface area contributed by atoms with Crippen LogP contribution in [0.1, 0.15) is 28.4 Å². The average Bonchev–Trinajstić information content (AvgIpc) is 2.83. The van der Waals surface area contributed by atoms with Gasteiger partial charge in [-0.25, -0.2) is 4.98 Å². The van der Waals surface area contributed by atoms with E-state index in [1.54, 1.807) is 13.0 Å². The van der Waals surface area contributed by atoms with Crippen molar-refractivity contribution in [2.75, 3.05) is 41.7 Å². The zero-order chi connectivity index (χ0) is 24.1. The Balaban J connectivity index is 1.47. The third-order valence-electron chi connectivity index (χ3n) is 6.03. The number of aryl methyl sites for hydroxylation is 1. The molecule has 3 aromatic rings. The number of pyridine rings is 1. The molecule has 1 aliphatic heterocycles. The van der Waals surface area contributed by atoms with Crippen LogP contribution in [-0.2, 0) is 11.3 Å². The van der Waals surface area contributed by atoms with Crippen LogP contribution >= 0.6 is 0 Å². The minimum absolute atomic E-state index is 0.128. The molecule has 0 saturated carbocycles. The fraction of sp³-hybridized carbons (Fsp3) is 0.269. The molecule has 0 spiro atoms. The Morgan fingerprint density at radius 3 is 2.41 bits per heavy atom. The van der Waals surface area contributed by atoms with Crippen molar-refractivity contribution in [3.63, 3.8) is 0 Å². The Kier molecular flexibility index (Phi) is 6.96. The van der Waals surface area contributed by atoms with Gasteiger partial charge in [0.2, 0.25) is 5.91 Å². The Morgan fingerprint density at radius 2 is 1.76 bits per heavy atom. The van der Waals surface area contributed by atoms with Crippen molar-refractivity contribution in [2.24, 2.45) is 5.73 Å². The van der Waals surface area contributed by atoms with Crippen LogP contribution in [0.3, 0.4) is 0 Å². The lowest BCUT2D eigenvalue weighted by Crippen LogP contribution is -2.48. The molecule has 176 valence electrons. The number of aromatic nitrogens is 1. The Hall–Kier alpha value is -4.07. The van der Waals surface area contributed by atoms with Crippen molar-refractivity contribution >= 4 is 34.7 Å². The van der Waals surface area contributed by atoms with E-state index in [0.29, 0.717) is 23.6 Å². The summed E-state index contributed by atoms with van der Waals surface area (Å²) in [6, 6.07) is 17.9. The molecule has 8 heteroatoms. The van der Waals surface area contributed by atoms with Gasteiger partial charge < -0.3 is 26.2 Å². The van der Waals surface area contributed by atoms with E-state index in [-0.39, 0.29) is 5.91 Å². The molecule has 4 rings (SSSR count). The predicted octanol–water partition coefficient (Wildman–Crippen LogP) is 3.51. The molecular formula is C26H30N6O2. The van der Waals surface area contributed by atoms with Gasteiger partial charge in [0, 0.05) is 63.3 Å². The fourth-order valence-electron chi connectivity index (χ4n) is 4.16. The number of nitrogens with two attached hydrogens (primary N) is 1. The van der Waals surface area contributed by atoms with Crippen molar-refractivity contribution in [3.05, 3.63) is 77.5 Å². The van der Waals surface area contributed by atoms with Crippen LogP contribution in [0.5, 0.6) is 0 Å². The number of amides is 2. The molecule has 0 atom stereocenters. The molecule has 1 fully saturated rings. The summed E-state index contributed by atoms with van der Waals surface area (Å²) in [6.45, 7) is 7.38. The van der Waals surface area contributed by atoms with Crippen LogP contribution in [0.4, 0.5) is 22.9 Å². The SMILES string of the molecule is CC(=O)N1CCN(c2ccc(Nc3cc(NCc4ccccc4)c(C(N)=O)cn3)cc2C)CC1. The van der Waals surface area contributed by atoms with Crippen LogP contribution in [0.15, 0.2) is 60.8 Å². The first-order valence-electron chi connectivity index (χ1n) is 11.4. The number of nitrogens with one attached hydrogen (secondary N) is 2. The Bertz CT molecular complexity index is 1170. The minimum Gasteiger partial charge on any atom is -0.380 e. The first-order valence-corrected chi connectivity index (χ1v) is 11.4. The summed E-state index contributed by atoms with van der Waals surface area (Å²) in [5.41, 5.74) is 10.8. The third-order valence-corrected chi connectivity index (χ3v) is 6.03. The second-order valence-electron chi connectivity index (χ2n) is 8.44. The number of nitrogens with zero attached hydrogens (tertiary/aromatic N) is 3. The van der Waals surface area contributed by atoms with Gasteiger partial charge in [-0.3, -0.25) is 9.59 Å². The van der Waals surface area contributed by atoms with Gasteiger partial charge in [-0.2, -0.15) is 0 Å². The van der Waals surface area contributed by atoms with Crippen molar-refractivity contribution in [1.82, 2.24) is 9.88 Å². The normalized spacial score (nSPS) is 13.5. The van der Waals surface area contributed by atoms with Gasteiger partial charge >= 0.3 is 0 Å².